The first-order valence-electron chi connectivity index (χ1n) is 7.94. The van der Waals surface area contributed by atoms with Gasteiger partial charge in [0.2, 0.25) is 0 Å². The molecule has 0 amide bonds. The zero-order chi connectivity index (χ0) is 18.4. The third-order valence-electron chi connectivity index (χ3n) is 3.61. The predicted octanol–water partition coefficient (Wildman–Crippen LogP) is 0.879. The van der Waals surface area contributed by atoms with E-state index in [0.717, 1.165) is 31.0 Å². The molecule has 8 heteroatoms. The molecule has 0 saturated heterocycles. The number of nitrogens with two attached hydrogens (primary N) is 1. The molecule has 0 fully saturated rings. The number of carboxylic acids is 2. The molecule has 2 aliphatic heterocycles. The second-order valence-corrected chi connectivity index (χ2v) is 5.78. The second kappa shape index (κ2) is 8.39. The van der Waals surface area contributed by atoms with Gasteiger partial charge in [-0.3, -0.25) is 0 Å². The van der Waals surface area contributed by atoms with Crippen molar-refractivity contribution in [1.29, 1.82) is 0 Å². The first-order chi connectivity index (χ1) is 11.9. The Morgan fingerprint density at radius 3 is 2.48 bits per heavy atom. The maximum atomic E-state index is 9.55. The summed E-state index contributed by atoms with van der Waals surface area (Å²) >= 11 is 0. The number of anilines is 1. The minimum Gasteiger partial charge on any atom is -0.486 e. The van der Waals surface area contributed by atoms with Crippen LogP contribution < -0.4 is 20.1 Å². The van der Waals surface area contributed by atoms with Crippen molar-refractivity contribution in [2.24, 2.45) is 5.73 Å². The van der Waals surface area contributed by atoms with Crippen LogP contribution in [0, 0.1) is 0 Å². The summed E-state index contributed by atoms with van der Waals surface area (Å²) in [6, 6.07) is 4.33. The summed E-state index contributed by atoms with van der Waals surface area (Å²) in [7, 11) is 0. The largest absolute Gasteiger partial charge is 0.486 e. The topological polar surface area (TPSA) is 122 Å². The van der Waals surface area contributed by atoms with Crippen molar-refractivity contribution in [1.82, 2.24) is 0 Å². The van der Waals surface area contributed by atoms with E-state index in [2.05, 4.69) is 11.0 Å². The number of rotatable bonds is 4. The molecule has 1 atom stereocenters. The quantitative estimate of drug-likeness (QED) is 0.684. The van der Waals surface area contributed by atoms with Crippen LogP contribution in [0.2, 0.25) is 0 Å². The van der Waals surface area contributed by atoms with Crippen LogP contribution in [0.5, 0.6) is 11.5 Å². The normalized spacial score (nSPS) is 16.0. The molecule has 25 heavy (non-hydrogen) atoms. The number of carbonyl (C=O) groups is 2. The van der Waals surface area contributed by atoms with Crippen LogP contribution in [0.25, 0.3) is 0 Å². The Kier molecular flexibility index (Phi) is 6.24. The lowest BCUT2D eigenvalue weighted by molar-refractivity contribution is -0.134. The van der Waals surface area contributed by atoms with E-state index in [0.29, 0.717) is 25.4 Å². The van der Waals surface area contributed by atoms with E-state index in [-0.39, 0.29) is 6.04 Å². The molecule has 3 rings (SSSR count). The van der Waals surface area contributed by atoms with Crippen LogP contribution in [0.3, 0.4) is 0 Å². The van der Waals surface area contributed by atoms with Gasteiger partial charge < -0.3 is 30.3 Å². The van der Waals surface area contributed by atoms with Gasteiger partial charge in [0, 0.05) is 31.3 Å². The molecule has 0 unspecified atom stereocenters. The smallest absolute Gasteiger partial charge is 0.328 e. The van der Waals surface area contributed by atoms with Gasteiger partial charge >= 0.3 is 11.9 Å². The van der Waals surface area contributed by atoms with Gasteiger partial charge in [0.15, 0.2) is 11.5 Å². The minimum atomic E-state index is -1.26. The number of carboxylic acid groups (broad SMARTS) is 2. The van der Waals surface area contributed by atoms with Gasteiger partial charge in [0.25, 0.3) is 0 Å². The molecule has 0 spiro atoms. The van der Waals surface area contributed by atoms with Gasteiger partial charge in [-0.1, -0.05) is 6.07 Å². The van der Waals surface area contributed by atoms with E-state index in [1.807, 2.05) is 13.0 Å². The van der Waals surface area contributed by atoms with Crippen molar-refractivity contribution in [3.8, 4) is 11.5 Å². The van der Waals surface area contributed by atoms with E-state index >= 15 is 0 Å². The highest BCUT2D eigenvalue weighted by atomic mass is 16.6. The molecule has 0 bridgehead atoms. The zero-order valence-corrected chi connectivity index (χ0v) is 14.0. The fraction of sp³-hybridized carbons (Fsp3) is 0.412. The molecule has 1 aromatic rings. The average Bonchev–Trinajstić information content (AvgIpc) is 2.96. The van der Waals surface area contributed by atoms with E-state index in [1.54, 1.807) is 0 Å². The van der Waals surface area contributed by atoms with Crippen LogP contribution in [0.1, 0.15) is 12.5 Å². The molecule has 0 aromatic heterocycles. The fourth-order valence-corrected chi connectivity index (χ4v) is 2.73. The SMILES string of the molecule is C[C@H](N)CN1CCc2ccc3c(c21)OCCO3.O=C(O)/C=C/C(=O)O. The van der Waals surface area contributed by atoms with E-state index in [9.17, 15) is 9.59 Å². The minimum absolute atomic E-state index is 0.168. The summed E-state index contributed by atoms with van der Waals surface area (Å²) in [5.74, 6) is -0.738. The Bertz CT molecular complexity index is 655. The summed E-state index contributed by atoms with van der Waals surface area (Å²) in [5.41, 5.74) is 8.43. The molecular formula is C17H22N2O6. The number of fused-ring (bicyclic) bond motifs is 3. The number of ether oxygens (including phenoxy) is 2. The number of nitrogens with zero attached hydrogens (tertiary/aromatic N) is 1. The number of benzene rings is 1. The standard InChI is InChI=1S/C13H18N2O2.C4H4O4/c1-9(14)8-15-5-4-10-2-3-11-13(12(10)15)17-7-6-16-11;5-3(6)1-2-4(7)8/h2-3,9H,4-8,14H2,1H3;1-2H,(H,5,6)(H,7,8)/b;2-1+/t9-;/m0./s1. The molecular weight excluding hydrogens is 328 g/mol. The van der Waals surface area contributed by atoms with Crippen LogP contribution in [0.4, 0.5) is 5.69 Å². The molecule has 4 N–H and O–H groups in total. The van der Waals surface area contributed by atoms with E-state index < -0.39 is 11.9 Å². The first kappa shape index (κ1) is 18.6. The third kappa shape index (κ3) is 5.12. The van der Waals surface area contributed by atoms with Crippen LogP contribution in [0.15, 0.2) is 24.3 Å². The number of hydrogen-bond donors (Lipinski definition) is 3. The molecule has 1 aromatic carbocycles. The van der Waals surface area contributed by atoms with Gasteiger partial charge in [-0.05, 0) is 25.0 Å². The highest BCUT2D eigenvalue weighted by molar-refractivity contribution is 5.89. The fourth-order valence-electron chi connectivity index (χ4n) is 2.73. The van der Waals surface area contributed by atoms with Crippen molar-refractivity contribution in [3.05, 3.63) is 29.8 Å². The van der Waals surface area contributed by atoms with Crippen LogP contribution in [-0.4, -0.2) is 54.5 Å². The summed E-state index contributed by atoms with van der Waals surface area (Å²) in [6.45, 7) is 5.20. The molecule has 2 aliphatic rings. The first-order valence-corrected chi connectivity index (χ1v) is 7.94. The highest BCUT2D eigenvalue weighted by Crippen LogP contribution is 2.45. The Morgan fingerprint density at radius 1 is 1.24 bits per heavy atom. The number of hydrogen-bond acceptors (Lipinski definition) is 6. The summed E-state index contributed by atoms with van der Waals surface area (Å²) in [5, 5.41) is 15.6. The average molecular weight is 350 g/mol. The maximum absolute atomic E-state index is 9.55. The van der Waals surface area contributed by atoms with E-state index in [1.165, 1.54) is 11.3 Å². The lowest BCUT2D eigenvalue weighted by Gasteiger charge is -2.27. The van der Waals surface area contributed by atoms with Crippen molar-refractivity contribution in [2.45, 2.75) is 19.4 Å². The second-order valence-electron chi connectivity index (χ2n) is 5.78. The Labute approximate surface area is 145 Å². The van der Waals surface area contributed by atoms with E-state index in [4.69, 9.17) is 25.4 Å². The van der Waals surface area contributed by atoms with Crippen molar-refractivity contribution in [2.75, 3.05) is 31.2 Å². The van der Waals surface area contributed by atoms with Crippen molar-refractivity contribution in [3.63, 3.8) is 0 Å². The van der Waals surface area contributed by atoms with Crippen molar-refractivity contribution < 1.29 is 29.3 Å². The Morgan fingerprint density at radius 2 is 1.88 bits per heavy atom. The number of aliphatic carboxylic acids is 2. The van der Waals surface area contributed by atoms with Gasteiger partial charge in [-0.25, -0.2) is 9.59 Å². The van der Waals surface area contributed by atoms with Gasteiger partial charge in [-0.2, -0.15) is 0 Å². The maximum Gasteiger partial charge on any atom is 0.328 e. The summed E-state index contributed by atoms with van der Waals surface area (Å²) < 4.78 is 11.4. The van der Waals surface area contributed by atoms with Crippen LogP contribution >= 0.6 is 0 Å². The van der Waals surface area contributed by atoms with Gasteiger partial charge in [-0.15, -0.1) is 0 Å². The molecule has 0 radical (unpaired) electrons. The Balaban J connectivity index is 0.000000242. The molecule has 2 heterocycles. The third-order valence-corrected chi connectivity index (χ3v) is 3.61. The lowest BCUT2D eigenvalue weighted by Crippen LogP contribution is -2.34. The molecule has 0 saturated carbocycles. The van der Waals surface area contributed by atoms with Crippen LogP contribution in [-0.2, 0) is 16.0 Å². The monoisotopic (exact) mass is 350 g/mol. The summed E-state index contributed by atoms with van der Waals surface area (Å²) in [6.07, 6.45) is 2.18. The lowest BCUT2D eigenvalue weighted by atomic mass is 10.1. The molecule has 0 aliphatic carbocycles. The zero-order valence-electron chi connectivity index (χ0n) is 14.0. The van der Waals surface area contributed by atoms with Crippen molar-refractivity contribution >= 4 is 17.6 Å². The Hall–Kier alpha value is -2.74. The predicted molar refractivity (Wildman–Crippen MR) is 91.4 cm³/mol. The summed E-state index contributed by atoms with van der Waals surface area (Å²) in [4.78, 5) is 21.4. The van der Waals surface area contributed by atoms with Gasteiger partial charge in [0.1, 0.15) is 13.2 Å². The highest BCUT2D eigenvalue weighted by Gasteiger charge is 2.28. The molecule has 8 nitrogen and oxygen atoms in total. The van der Waals surface area contributed by atoms with Gasteiger partial charge in [0.05, 0.1) is 5.69 Å². The molecule has 136 valence electrons.